The highest BCUT2D eigenvalue weighted by atomic mass is 32.1. The third-order valence-corrected chi connectivity index (χ3v) is 4.14. The van der Waals surface area contributed by atoms with E-state index < -0.39 is 0 Å². The van der Waals surface area contributed by atoms with E-state index in [1.165, 1.54) is 28.5 Å². The number of nitrogens with zero attached hydrogens (tertiary/aromatic N) is 1. The van der Waals surface area contributed by atoms with Gasteiger partial charge in [0.15, 0.2) is 0 Å². The van der Waals surface area contributed by atoms with E-state index in [0.29, 0.717) is 11.2 Å². The van der Waals surface area contributed by atoms with Crippen LogP contribution in [0.15, 0.2) is 30.5 Å². The molecule has 1 aromatic carbocycles. The van der Waals surface area contributed by atoms with Gasteiger partial charge in [-0.2, -0.15) is 0 Å². The number of hydrogen-bond acceptors (Lipinski definition) is 2. The maximum absolute atomic E-state index is 11.6. The third-order valence-electron chi connectivity index (χ3n) is 3.54. The van der Waals surface area contributed by atoms with Crippen molar-refractivity contribution in [3.63, 3.8) is 0 Å². The molecule has 0 fully saturated rings. The van der Waals surface area contributed by atoms with Crippen LogP contribution in [0.1, 0.15) is 27.8 Å². The minimum atomic E-state index is 0.239. The van der Waals surface area contributed by atoms with Crippen LogP contribution in [-0.4, -0.2) is 8.94 Å². The molecule has 0 bridgehead atoms. The molecule has 1 aromatic heterocycles. The molecule has 0 saturated carbocycles. The average molecular weight is 274 g/mol. The smallest absolute Gasteiger partial charge is 0.135 e. The molecular weight excluding hydrogens is 258 g/mol. The Morgan fingerprint density at radius 3 is 2.53 bits per heavy atom. The molecule has 0 radical (unpaired) electrons. The first-order valence-corrected chi connectivity index (χ1v) is 6.85. The monoisotopic (exact) mass is 274 g/mol. The van der Waals surface area contributed by atoms with E-state index in [4.69, 9.17) is 0 Å². The lowest BCUT2D eigenvalue weighted by Gasteiger charge is -2.15. The molecule has 19 heavy (non-hydrogen) atoms. The minimum Gasteiger partial charge on any atom is -0.805 e. The van der Waals surface area contributed by atoms with Gasteiger partial charge in [-0.3, -0.25) is 0 Å². The highest BCUT2D eigenvalue weighted by Crippen LogP contribution is 2.21. The fourth-order valence-corrected chi connectivity index (χ4v) is 2.60. The summed E-state index contributed by atoms with van der Waals surface area (Å²) in [7, 11) is 0. The van der Waals surface area contributed by atoms with Gasteiger partial charge in [-0.15, -0.1) is 0 Å². The molecule has 0 aliphatic rings. The summed E-state index contributed by atoms with van der Waals surface area (Å²) in [5.41, 5.74) is 5.62. The van der Waals surface area contributed by atoms with E-state index in [-0.39, 0.29) is 15.9 Å². The molecule has 0 aliphatic heterocycles. The molecule has 0 aliphatic carbocycles. The summed E-state index contributed by atoms with van der Waals surface area (Å²) in [6, 6.07) is 7.70. The Bertz CT molecular complexity index is 713. The lowest BCUT2D eigenvalue weighted by Crippen LogP contribution is -2.02. The van der Waals surface area contributed by atoms with Crippen molar-refractivity contribution < 1.29 is 4.21 Å². The highest BCUT2D eigenvalue weighted by Gasteiger charge is 2.07. The first-order valence-electron chi connectivity index (χ1n) is 6.11. The van der Waals surface area contributed by atoms with Gasteiger partial charge in [0.25, 0.3) is 0 Å². The zero-order valence-electron chi connectivity index (χ0n) is 11.3. The van der Waals surface area contributed by atoms with Gasteiger partial charge in [0.1, 0.15) is 15.9 Å². The number of aryl methyl sites for hydroxylation is 2. The molecule has 0 atom stereocenters. The van der Waals surface area contributed by atoms with Crippen molar-refractivity contribution in [2.45, 2.75) is 27.2 Å². The van der Waals surface area contributed by atoms with Gasteiger partial charge in [-0.25, -0.2) is 4.21 Å². The van der Waals surface area contributed by atoms with Crippen molar-refractivity contribution in [3.05, 3.63) is 68.1 Å². The van der Waals surface area contributed by atoms with Crippen molar-refractivity contribution in [2.75, 3.05) is 0 Å². The summed E-state index contributed by atoms with van der Waals surface area (Å²) in [5, 5.41) is 11.6. The SMILES string of the molecule is Cc1ccc(C)c(Cc2cccn([O-])c2=S=O)c1C. The molecule has 0 N–H and O–H groups in total. The van der Waals surface area contributed by atoms with Gasteiger partial charge in [-0.1, -0.05) is 18.2 Å². The number of rotatable bonds is 2. The van der Waals surface area contributed by atoms with Crippen LogP contribution in [0.2, 0.25) is 0 Å². The lowest BCUT2D eigenvalue weighted by molar-refractivity contribution is 0.698. The summed E-state index contributed by atoms with van der Waals surface area (Å²) in [6.45, 7) is 6.20. The van der Waals surface area contributed by atoms with E-state index in [2.05, 4.69) is 32.9 Å². The van der Waals surface area contributed by atoms with Gasteiger partial charge in [0, 0.05) is 6.42 Å². The topological polar surface area (TPSA) is 45.1 Å². The molecule has 4 heteroatoms. The molecule has 0 spiro atoms. The minimum absolute atomic E-state index is 0.239. The fourth-order valence-electron chi connectivity index (χ4n) is 2.21. The first-order chi connectivity index (χ1) is 9.04. The zero-order chi connectivity index (χ0) is 14.0. The van der Waals surface area contributed by atoms with Crippen LogP contribution in [0.5, 0.6) is 0 Å². The van der Waals surface area contributed by atoms with E-state index in [0.717, 1.165) is 5.56 Å². The van der Waals surface area contributed by atoms with Crippen molar-refractivity contribution in [1.29, 1.82) is 0 Å². The average Bonchev–Trinajstić information content (AvgIpc) is 2.39. The van der Waals surface area contributed by atoms with Crippen molar-refractivity contribution in [1.82, 2.24) is 4.73 Å². The van der Waals surface area contributed by atoms with Gasteiger partial charge in [-0.05, 0) is 60.9 Å². The molecule has 100 valence electrons. The van der Waals surface area contributed by atoms with E-state index in [1.54, 1.807) is 6.07 Å². The summed E-state index contributed by atoms with van der Waals surface area (Å²) < 4.78 is 12.0. The lowest BCUT2D eigenvalue weighted by atomic mass is 9.94. The molecule has 0 unspecified atom stereocenters. The summed E-state index contributed by atoms with van der Waals surface area (Å²) in [4.78, 5) is 0. The van der Waals surface area contributed by atoms with Crippen LogP contribution in [-0.2, 0) is 17.7 Å². The Balaban J connectivity index is 2.58. The van der Waals surface area contributed by atoms with E-state index in [1.807, 2.05) is 6.07 Å². The maximum atomic E-state index is 11.6. The normalized spacial score (nSPS) is 10.5. The molecule has 0 saturated heterocycles. The first kappa shape index (κ1) is 13.6. The van der Waals surface area contributed by atoms with Crippen LogP contribution in [0.25, 0.3) is 0 Å². The van der Waals surface area contributed by atoms with Crippen LogP contribution >= 0.6 is 0 Å². The molecule has 3 nitrogen and oxygen atoms in total. The van der Waals surface area contributed by atoms with E-state index in [9.17, 15) is 9.42 Å². The molecule has 0 amide bonds. The van der Waals surface area contributed by atoms with Crippen LogP contribution in [0.3, 0.4) is 0 Å². The predicted molar refractivity (Wildman–Crippen MR) is 78.0 cm³/mol. The Morgan fingerprint density at radius 2 is 1.84 bits per heavy atom. The summed E-state index contributed by atoms with van der Waals surface area (Å²) >= 11 is 0.258. The largest absolute Gasteiger partial charge is 0.805 e. The maximum Gasteiger partial charge on any atom is 0.135 e. The molecule has 1 heterocycles. The second-order valence-electron chi connectivity index (χ2n) is 4.73. The number of aromatic nitrogens is 1. The van der Waals surface area contributed by atoms with Gasteiger partial charge in [0.2, 0.25) is 0 Å². The summed E-state index contributed by atoms with van der Waals surface area (Å²) in [5.74, 6) is 0. The predicted octanol–water partition coefficient (Wildman–Crippen LogP) is 3.10. The number of pyridine rings is 1. The van der Waals surface area contributed by atoms with E-state index >= 15 is 0 Å². The fraction of sp³-hybridized carbons (Fsp3) is 0.267. The van der Waals surface area contributed by atoms with Gasteiger partial charge < -0.3 is 9.94 Å². The Morgan fingerprint density at radius 1 is 1.16 bits per heavy atom. The molecular formula is C15H16NO2S-. The van der Waals surface area contributed by atoms with Crippen LogP contribution in [0, 0.1) is 30.6 Å². The highest BCUT2D eigenvalue weighted by molar-refractivity contribution is 7.56. The van der Waals surface area contributed by atoms with Gasteiger partial charge >= 0.3 is 0 Å². The molecule has 2 rings (SSSR count). The van der Waals surface area contributed by atoms with Crippen molar-refractivity contribution in [2.24, 2.45) is 0 Å². The van der Waals surface area contributed by atoms with Crippen molar-refractivity contribution >= 4 is 11.3 Å². The van der Waals surface area contributed by atoms with Crippen LogP contribution in [0.4, 0.5) is 0 Å². The number of hydrogen-bond donors (Lipinski definition) is 0. The van der Waals surface area contributed by atoms with Crippen molar-refractivity contribution in [3.8, 4) is 0 Å². The standard InChI is InChI=1S/C15H16NO2S/c1-10-6-7-11(2)14(12(10)3)9-13-5-4-8-16(17)15(13)19-18/h4-8H,9H2,1-3H3/q-1. The zero-order valence-corrected chi connectivity index (χ0v) is 12.1. The number of benzene rings is 1. The Hall–Kier alpha value is -1.81. The molecule has 2 aromatic rings. The Labute approximate surface area is 116 Å². The summed E-state index contributed by atoms with van der Waals surface area (Å²) in [6.07, 6.45) is 1.98. The Kier molecular flexibility index (Phi) is 3.90. The second-order valence-corrected chi connectivity index (χ2v) is 5.28. The third kappa shape index (κ3) is 2.63. The quantitative estimate of drug-likeness (QED) is 0.790. The van der Waals surface area contributed by atoms with Crippen LogP contribution < -0.4 is 0 Å². The van der Waals surface area contributed by atoms with Gasteiger partial charge in [0.05, 0.1) is 0 Å². The second kappa shape index (κ2) is 5.45.